The van der Waals surface area contributed by atoms with E-state index in [9.17, 15) is 13.2 Å². The Bertz CT molecular complexity index is 990. The molecule has 4 rings (SSSR count). The predicted octanol–water partition coefficient (Wildman–Crippen LogP) is 1.20. The average molecular weight is 449 g/mol. The Morgan fingerprint density at radius 2 is 1.65 bits per heavy atom. The summed E-state index contributed by atoms with van der Waals surface area (Å²) in [4.78, 5) is 17.5. The highest BCUT2D eigenvalue weighted by molar-refractivity contribution is 7.89. The molecule has 2 aliphatic heterocycles. The number of sulfonamides is 1. The van der Waals surface area contributed by atoms with Crippen molar-refractivity contribution in [2.45, 2.75) is 24.8 Å². The molecule has 10 heteroatoms. The van der Waals surface area contributed by atoms with Gasteiger partial charge in [-0.05, 0) is 19.4 Å². The molecule has 0 aliphatic carbocycles. The molecule has 1 aromatic heterocycles. The highest BCUT2D eigenvalue weighted by Gasteiger charge is 2.38. The summed E-state index contributed by atoms with van der Waals surface area (Å²) in [5.41, 5.74) is 1.28. The SMILES string of the molecule is Cc1noc(C)c1S(=O)(=O)N1CCN(C(C(=O)N2CCOCC2)c2ccccc2)CC1. The summed E-state index contributed by atoms with van der Waals surface area (Å²) >= 11 is 0. The van der Waals surface area contributed by atoms with Gasteiger partial charge in [-0.25, -0.2) is 8.42 Å². The van der Waals surface area contributed by atoms with Crippen LogP contribution in [0.5, 0.6) is 0 Å². The second-order valence-electron chi connectivity index (χ2n) is 7.84. The van der Waals surface area contributed by atoms with Crippen molar-refractivity contribution in [3.63, 3.8) is 0 Å². The van der Waals surface area contributed by atoms with E-state index in [4.69, 9.17) is 9.26 Å². The molecule has 0 bridgehead atoms. The number of aromatic nitrogens is 1. The number of aryl methyl sites for hydroxylation is 2. The monoisotopic (exact) mass is 448 g/mol. The highest BCUT2D eigenvalue weighted by Crippen LogP contribution is 2.28. The van der Waals surface area contributed by atoms with E-state index in [1.165, 1.54) is 4.31 Å². The van der Waals surface area contributed by atoms with Gasteiger partial charge in [-0.3, -0.25) is 9.69 Å². The fraction of sp³-hybridized carbons (Fsp3) is 0.524. The lowest BCUT2D eigenvalue weighted by atomic mass is 10.0. The molecule has 0 spiro atoms. The largest absolute Gasteiger partial charge is 0.378 e. The van der Waals surface area contributed by atoms with Crippen molar-refractivity contribution < 1.29 is 22.5 Å². The second-order valence-corrected chi connectivity index (χ2v) is 9.72. The number of hydrogen-bond acceptors (Lipinski definition) is 7. The van der Waals surface area contributed by atoms with E-state index in [-0.39, 0.29) is 10.8 Å². The van der Waals surface area contributed by atoms with Crippen molar-refractivity contribution >= 4 is 15.9 Å². The van der Waals surface area contributed by atoms with Crippen LogP contribution in [0.1, 0.15) is 23.1 Å². The molecular weight excluding hydrogens is 420 g/mol. The zero-order valence-electron chi connectivity index (χ0n) is 17.9. The van der Waals surface area contributed by atoms with Crippen LogP contribution in [0.4, 0.5) is 0 Å². The number of carbonyl (C=O) groups excluding carboxylic acids is 1. The molecule has 0 N–H and O–H groups in total. The van der Waals surface area contributed by atoms with Crippen molar-refractivity contribution in [3.8, 4) is 0 Å². The maximum atomic E-state index is 13.4. The minimum atomic E-state index is -3.70. The smallest absolute Gasteiger partial charge is 0.248 e. The van der Waals surface area contributed by atoms with E-state index in [0.29, 0.717) is 63.9 Å². The lowest BCUT2D eigenvalue weighted by Gasteiger charge is -2.40. The minimum Gasteiger partial charge on any atom is -0.378 e. The number of piperazine rings is 1. The van der Waals surface area contributed by atoms with Crippen LogP contribution >= 0.6 is 0 Å². The number of hydrogen-bond donors (Lipinski definition) is 0. The first kappa shape index (κ1) is 21.9. The van der Waals surface area contributed by atoms with Gasteiger partial charge in [0.15, 0.2) is 5.76 Å². The van der Waals surface area contributed by atoms with Gasteiger partial charge in [0.25, 0.3) is 0 Å². The molecule has 3 heterocycles. The molecule has 2 fully saturated rings. The molecule has 0 radical (unpaired) electrons. The molecule has 1 atom stereocenters. The predicted molar refractivity (Wildman–Crippen MR) is 113 cm³/mol. The molecule has 9 nitrogen and oxygen atoms in total. The summed E-state index contributed by atoms with van der Waals surface area (Å²) in [6.45, 7) is 6.97. The Balaban J connectivity index is 1.53. The summed E-state index contributed by atoms with van der Waals surface area (Å²) in [5, 5.41) is 3.78. The van der Waals surface area contributed by atoms with Crippen LogP contribution in [0.15, 0.2) is 39.8 Å². The van der Waals surface area contributed by atoms with E-state index in [0.717, 1.165) is 5.56 Å². The molecule has 2 saturated heterocycles. The van der Waals surface area contributed by atoms with Crippen LogP contribution in [-0.2, 0) is 19.6 Å². The molecular formula is C21H28N4O5S. The summed E-state index contributed by atoms with van der Waals surface area (Å²) in [6.07, 6.45) is 0. The van der Waals surface area contributed by atoms with Crippen LogP contribution in [-0.4, -0.2) is 86.1 Å². The third kappa shape index (κ3) is 4.38. The first-order chi connectivity index (χ1) is 14.9. The van der Waals surface area contributed by atoms with Crippen LogP contribution < -0.4 is 0 Å². The van der Waals surface area contributed by atoms with E-state index in [2.05, 4.69) is 10.1 Å². The third-order valence-electron chi connectivity index (χ3n) is 5.88. The Morgan fingerprint density at radius 1 is 1.00 bits per heavy atom. The standard InChI is InChI=1S/C21H28N4O5S/c1-16-20(17(2)30-22-16)31(27,28)25-10-8-23(9-11-25)19(18-6-4-3-5-7-18)21(26)24-12-14-29-15-13-24/h3-7,19H,8-15H2,1-2H3. The van der Waals surface area contributed by atoms with Crippen molar-refractivity contribution in [2.75, 3.05) is 52.5 Å². The van der Waals surface area contributed by atoms with E-state index in [1.54, 1.807) is 13.8 Å². The van der Waals surface area contributed by atoms with Gasteiger partial charge >= 0.3 is 0 Å². The summed E-state index contributed by atoms with van der Waals surface area (Å²) in [6, 6.07) is 9.24. The van der Waals surface area contributed by atoms with Crippen molar-refractivity contribution in [1.29, 1.82) is 0 Å². The Labute approximate surface area is 182 Å². The van der Waals surface area contributed by atoms with Crippen molar-refractivity contribution in [3.05, 3.63) is 47.3 Å². The first-order valence-corrected chi connectivity index (χ1v) is 11.9. The van der Waals surface area contributed by atoms with Gasteiger partial charge in [0, 0.05) is 39.3 Å². The number of morpholine rings is 1. The minimum absolute atomic E-state index is 0.0385. The third-order valence-corrected chi connectivity index (χ3v) is 8.02. The quantitative estimate of drug-likeness (QED) is 0.678. The van der Waals surface area contributed by atoms with Crippen LogP contribution in [0.2, 0.25) is 0 Å². The number of rotatable bonds is 5. The first-order valence-electron chi connectivity index (χ1n) is 10.5. The lowest BCUT2D eigenvalue weighted by molar-refractivity contribution is -0.142. The maximum absolute atomic E-state index is 13.4. The Kier molecular flexibility index (Phi) is 6.42. The molecule has 1 aromatic carbocycles. The average Bonchev–Trinajstić information content (AvgIpc) is 3.14. The topological polar surface area (TPSA) is 96.2 Å². The zero-order chi connectivity index (χ0) is 22.0. The van der Waals surface area contributed by atoms with Gasteiger partial charge in [0.05, 0.1) is 13.2 Å². The Hall–Kier alpha value is -2.27. The molecule has 31 heavy (non-hydrogen) atoms. The normalized spacial score (nSPS) is 20.0. The number of ether oxygens (including phenoxy) is 1. The van der Waals surface area contributed by atoms with Crippen molar-refractivity contribution in [2.24, 2.45) is 0 Å². The molecule has 2 aliphatic rings. The van der Waals surface area contributed by atoms with Gasteiger partial charge in [-0.2, -0.15) is 4.31 Å². The van der Waals surface area contributed by atoms with E-state index < -0.39 is 16.1 Å². The summed E-state index contributed by atoms with van der Waals surface area (Å²) in [7, 11) is -3.70. The van der Waals surface area contributed by atoms with Gasteiger partial charge in [-0.1, -0.05) is 35.5 Å². The number of amides is 1. The molecule has 0 saturated carbocycles. The second kappa shape index (κ2) is 9.07. The fourth-order valence-electron chi connectivity index (χ4n) is 4.28. The summed E-state index contributed by atoms with van der Waals surface area (Å²) in [5.74, 6) is 0.334. The number of carbonyl (C=O) groups is 1. The van der Waals surface area contributed by atoms with Gasteiger partial charge in [-0.15, -0.1) is 0 Å². The Morgan fingerprint density at radius 3 is 2.23 bits per heavy atom. The molecule has 1 unspecified atom stereocenters. The van der Waals surface area contributed by atoms with E-state index >= 15 is 0 Å². The molecule has 168 valence electrons. The fourth-order valence-corrected chi connectivity index (χ4v) is 5.99. The molecule has 1 amide bonds. The van der Waals surface area contributed by atoms with E-state index in [1.807, 2.05) is 35.2 Å². The summed E-state index contributed by atoms with van der Waals surface area (Å²) < 4.78 is 38.2. The van der Waals surface area contributed by atoms with Gasteiger partial charge < -0.3 is 14.2 Å². The highest BCUT2D eigenvalue weighted by atomic mass is 32.2. The van der Waals surface area contributed by atoms with Crippen LogP contribution in [0.25, 0.3) is 0 Å². The van der Waals surface area contributed by atoms with Gasteiger partial charge in [0.1, 0.15) is 16.6 Å². The molecule has 2 aromatic rings. The maximum Gasteiger partial charge on any atom is 0.248 e. The van der Waals surface area contributed by atoms with Crippen LogP contribution in [0, 0.1) is 13.8 Å². The zero-order valence-corrected chi connectivity index (χ0v) is 18.7. The lowest BCUT2D eigenvalue weighted by Crippen LogP contribution is -2.54. The number of benzene rings is 1. The van der Waals surface area contributed by atoms with Crippen molar-refractivity contribution in [1.82, 2.24) is 19.3 Å². The van der Waals surface area contributed by atoms with Gasteiger partial charge in [0.2, 0.25) is 15.9 Å². The number of nitrogens with zero attached hydrogens (tertiary/aromatic N) is 4. The van der Waals surface area contributed by atoms with Crippen LogP contribution in [0.3, 0.4) is 0 Å².